The predicted molar refractivity (Wildman–Crippen MR) is 69.2 cm³/mol. The van der Waals surface area contributed by atoms with Gasteiger partial charge in [0.2, 0.25) is 0 Å². The van der Waals surface area contributed by atoms with E-state index in [1.165, 1.54) is 5.69 Å². The number of nitrogens with zero attached hydrogens (tertiary/aromatic N) is 2. The highest BCUT2D eigenvalue weighted by Gasteiger charge is 2.24. The smallest absolute Gasteiger partial charge is 0.0762 e. The Kier molecular flexibility index (Phi) is 3.64. The number of pyridine rings is 1. The van der Waals surface area contributed by atoms with Crippen molar-refractivity contribution >= 4 is 5.69 Å². The van der Waals surface area contributed by atoms with Gasteiger partial charge >= 0.3 is 0 Å². The molecule has 2 rings (SSSR count). The lowest BCUT2D eigenvalue weighted by Gasteiger charge is -2.23. The highest BCUT2D eigenvalue weighted by atomic mass is 16.5. The van der Waals surface area contributed by atoms with Gasteiger partial charge in [-0.05, 0) is 26.3 Å². The fourth-order valence-electron chi connectivity index (χ4n) is 2.51. The SMILES string of the molecule is COC1CCN(c2cc(C)nc(C)c2CN)C1. The van der Waals surface area contributed by atoms with Crippen LogP contribution in [0.5, 0.6) is 0 Å². The molecule has 0 spiro atoms. The number of ether oxygens (including phenoxy) is 1. The van der Waals surface area contributed by atoms with E-state index in [4.69, 9.17) is 10.5 Å². The maximum atomic E-state index is 5.84. The molecule has 0 amide bonds. The third-order valence-electron chi connectivity index (χ3n) is 3.46. The largest absolute Gasteiger partial charge is 0.380 e. The van der Waals surface area contributed by atoms with Crippen LogP contribution in [0, 0.1) is 13.8 Å². The fourth-order valence-corrected chi connectivity index (χ4v) is 2.51. The van der Waals surface area contributed by atoms with Crippen LogP contribution in [0.4, 0.5) is 5.69 Å². The Morgan fingerprint density at radius 3 is 2.88 bits per heavy atom. The standard InChI is InChI=1S/C13H21N3O/c1-9-6-13(12(7-14)10(2)15-9)16-5-4-11(8-16)17-3/h6,11H,4-5,7-8,14H2,1-3H3. The molecule has 2 N–H and O–H groups in total. The van der Waals surface area contributed by atoms with Gasteiger partial charge in [-0.2, -0.15) is 0 Å². The van der Waals surface area contributed by atoms with Gasteiger partial charge in [-0.25, -0.2) is 0 Å². The summed E-state index contributed by atoms with van der Waals surface area (Å²) in [5.41, 5.74) is 10.3. The normalized spacial score (nSPS) is 20.0. The quantitative estimate of drug-likeness (QED) is 0.860. The first-order valence-electron chi connectivity index (χ1n) is 6.10. The first kappa shape index (κ1) is 12.3. The van der Waals surface area contributed by atoms with E-state index >= 15 is 0 Å². The second-order valence-electron chi connectivity index (χ2n) is 4.64. The van der Waals surface area contributed by atoms with Gasteiger partial charge in [0.25, 0.3) is 0 Å². The van der Waals surface area contributed by atoms with Crippen molar-refractivity contribution in [2.75, 3.05) is 25.1 Å². The second kappa shape index (κ2) is 5.02. The van der Waals surface area contributed by atoms with Crippen molar-refractivity contribution in [1.82, 2.24) is 4.98 Å². The van der Waals surface area contributed by atoms with E-state index in [0.717, 1.165) is 36.5 Å². The molecule has 1 aliphatic rings. The summed E-state index contributed by atoms with van der Waals surface area (Å²) < 4.78 is 5.41. The molecule has 0 radical (unpaired) electrons. The lowest BCUT2D eigenvalue weighted by atomic mass is 10.1. The molecule has 94 valence electrons. The molecule has 1 aliphatic heterocycles. The maximum absolute atomic E-state index is 5.84. The summed E-state index contributed by atoms with van der Waals surface area (Å²) in [6.07, 6.45) is 1.43. The highest BCUT2D eigenvalue weighted by Crippen LogP contribution is 2.27. The van der Waals surface area contributed by atoms with Gasteiger partial charge in [0.15, 0.2) is 0 Å². The zero-order valence-electron chi connectivity index (χ0n) is 10.9. The van der Waals surface area contributed by atoms with Gasteiger partial charge in [-0.15, -0.1) is 0 Å². The van der Waals surface area contributed by atoms with Crippen LogP contribution in [0.25, 0.3) is 0 Å². The van der Waals surface area contributed by atoms with Crippen molar-refractivity contribution in [3.8, 4) is 0 Å². The van der Waals surface area contributed by atoms with Crippen LogP contribution in [0.2, 0.25) is 0 Å². The Balaban J connectivity index is 2.31. The summed E-state index contributed by atoms with van der Waals surface area (Å²) in [5.74, 6) is 0. The molecular weight excluding hydrogens is 214 g/mol. The number of aryl methyl sites for hydroxylation is 2. The molecule has 2 heterocycles. The topological polar surface area (TPSA) is 51.4 Å². The average Bonchev–Trinajstić information content (AvgIpc) is 2.76. The molecule has 0 bridgehead atoms. The number of methoxy groups -OCH3 is 1. The lowest BCUT2D eigenvalue weighted by molar-refractivity contribution is 0.121. The number of anilines is 1. The molecule has 17 heavy (non-hydrogen) atoms. The Morgan fingerprint density at radius 1 is 1.53 bits per heavy atom. The summed E-state index contributed by atoms with van der Waals surface area (Å²) in [6, 6.07) is 2.13. The van der Waals surface area contributed by atoms with Crippen LogP contribution in [-0.4, -0.2) is 31.3 Å². The van der Waals surface area contributed by atoms with Crippen LogP contribution in [-0.2, 0) is 11.3 Å². The molecule has 1 atom stereocenters. The van der Waals surface area contributed by atoms with Crippen LogP contribution >= 0.6 is 0 Å². The van der Waals surface area contributed by atoms with E-state index in [-0.39, 0.29) is 0 Å². The minimum atomic E-state index is 0.342. The lowest BCUT2D eigenvalue weighted by Crippen LogP contribution is -2.24. The molecule has 4 heteroatoms. The number of aromatic nitrogens is 1. The third-order valence-corrected chi connectivity index (χ3v) is 3.46. The molecule has 1 aromatic heterocycles. The third kappa shape index (κ3) is 2.42. The van der Waals surface area contributed by atoms with Crippen molar-refractivity contribution in [3.05, 3.63) is 23.0 Å². The molecule has 4 nitrogen and oxygen atoms in total. The number of nitrogens with two attached hydrogens (primary N) is 1. The molecule has 1 aromatic rings. The van der Waals surface area contributed by atoms with Gasteiger partial charge < -0.3 is 15.4 Å². The van der Waals surface area contributed by atoms with Crippen molar-refractivity contribution in [3.63, 3.8) is 0 Å². The Hall–Kier alpha value is -1.13. The minimum absolute atomic E-state index is 0.342. The van der Waals surface area contributed by atoms with Crippen molar-refractivity contribution in [2.45, 2.75) is 32.9 Å². The van der Waals surface area contributed by atoms with Gasteiger partial charge in [0.05, 0.1) is 6.10 Å². The van der Waals surface area contributed by atoms with Crippen LogP contribution in [0.1, 0.15) is 23.4 Å². The molecule has 1 unspecified atom stereocenters. The van der Waals surface area contributed by atoms with Gasteiger partial charge in [-0.3, -0.25) is 4.98 Å². The number of hydrogen-bond acceptors (Lipinski definition) is 4. The molecule has 0 aliphatic carbocycles. The molecule has 0 aromatic carbocycles. The first-order chi connectivity index (χ1) is 8.15. The minimum Gasteiger partial charge on any atom is -0.380 e. The number of rotatable bonds is 3. The Labute approximate surface area is 103 Å². The van der Waals surface area contributed by atoms with E-state index in [2.05, 4.69) is 16.0 Å². The molecule has 1 fully saturated rings. The van der Waals surface area contributed by atoms with Gasteiger partial charge in [0, 0.05) is 49.4 Å². The number of hydrogen-bond donors (Lipinski definition) is 1. The van der Waals surface area contributed by atoms with E-state index in [1.54, 1.807) is 7.11 Å². The first-order valence-corrected chi connectivity index (χ1v) is 6.10. The van der Waals surface area contributed by atoms with Gasteiger partial charge in [0.1, 0.15) is 0 Å². The van der Waals surface area contributed by atoms with E-state index in [9.17, 15) is 0 Å². The van der Waals surface area contributed by atoms with Gasteiger partial charge in [-0.1, -0.05) is 0 Å². The molecular formula is C13H21N3O. The monoisotopic (exact) mass is 235 g/mol. The summed E-state index contributed by atoms with van der Waals surface area (Å²) in [4.78, 5) is 6.84. The summed E-state index contributed by atoms with van der Waals surface area (Å²) >= 11 is 0. The van der Waals surface area contributed by atoms with Crippen molar-refractivity contribution in [2.24, 2.45) is 5.73 Å². The fraction of sp³-hybridized carbons (Fsp3) is 0.615. The summed E-state index contributed by atoms with van der Waals surface area (Å²) in [7, 11) is 1.78. The zero-order chi connectivity index (χ0) is 12.4. The molecule has 0 saturated carbocycles. The van der Waals surface area contributed by atoms with Crippen molar-refractivity contribution < 1.29 is 4.74 Å². The van der Waals surface area contributed by atoms with E-state index in [0.29, 0.717) is 12.6 Å². The Bertz CT molecular complexity index is 406. The van der Waals surface area contributed by atoms with Crippen LogP contribution < -0.4 is 10.6 Å². The second-order valence-corrected chi connectivity index (χ2v) is 4.64. The van der Waals surface area contributed by atoms with E-state index in [1.807, 2.05) is 13.8 Å². The maximum Gasteiger partial charge on any atom is 0.0762 e. The predicted octanol–water partition coefficient (Wildman–Crippen LogP) is 1.38. The average molecular weight is 235 g/mol. The highest BCUT2D eigenvalue weighted by molar-refractivity contribution is 5.56. The molecule has 1 saturated heterocycles. The summed E-state index contributed by atoms with van der Waals surface area (Å²) in [5, 5.41) is 0. The zero-order valence-corrected chi connectivity index (χ0v) is 10.9. The van der Waals surface area contributed by atoms with Crippen LogP contribution in [0.15, 0.2) is 6.07 Å². The Morgan fingerprint density at radius 2 is 2.29 bits per heavy atom. The van der Waals surface area contributed by atoms with Crippen LogP contribution in [0.3, 0.4) is 0 Å². The van der Waals surface area contributed by atoms with E-state index < -0.39 is 0 Å². The van der Waals surface area contributed by atoms with Crippen molar-refractivity contribution in [1.29, 1.82) is 0 Å². The summed E-state index contributed by atoms with van der Waals surface area (Å²) in [6.45, 7) is 6.59.